The summed E-state index contributed by atoms with van der Waals surface area (Å²) >= 11 is 0. The molecule has 0 aromatic heterocycles. The third-order valence-electron chi connectivity index (χ3n) is 3.89. The van der Waals surface area contributed by atoms with E-state index in [-0.39, 0.29) is 12.1 Å². The van der Waals surface area contributed by atoms with Crippen molar-refractivity contribution < 1.29 is 19.0 Å². The quantitative estimate of drug-likeness (QED) is 0.439. The standard InChI is InChI=1S/C18H25NO4/c1-18(2)22-13-16(23-18)17(15(21-4)10-11-20)19(3)12-14-8-6-5-7-9-14/h5-11,16-17H,12-13H2,1-4H3/b15-10-/t16-,17+/m1/s1. The number of carbonyl (C=O) groups excluding carboxylic acids is 1. The van der Waals surface area contributed by atoms with Gasteiger partial charge in [-0.2, -0.15) is 0 Å². The van der Waals surface area contributed by atoms with Crippen LogP contribution in [0.3, 0.4) is 0 Å². The summed E-state index contributed by atoms with van der Waals surface area (Å²) in [5, 5.41) is 0. The molecule has 0 bridgehead atoms. The SMILES string of the molecule is CO/C(=C\C=O)[C@@H]([C@H]1COC(C)(C)O1)N(C)Cc1ccccc1. The minimum atomic E-state index is -0.628. The van der Waals surface area contributed by atoms with Crippen molar-refractivity contribution in [3.8, 4) is 0 Å². The molecule has 2 atom stereocenters. The van der Waals surface area contributed by atoms with Gasteiger partial charge in [-0.15, -0.1) is 0 Å². The fraction of sp³-hybridized carbons (Fsp3) is 0.500. The molecule has 0 unspecified atom stereocenters. The first-order valence-electron chi connectivity index (χ1n) is 7.72. The van der Waals surface area contributed by atoms with Crippen molar-refractivity contribution >= 4 is 6.29 Å². The molecular formula is C18H25NO4. The van der Waals surface area contributed by atoms with Gasteiger partial charge in [0.05, 0.1) is 19.8 Å². The van der Waals surface area contributed by atoms with Gasteiger partial charge in [0.15, 0.2) is 5.79 Å². The summed E-state index contributed by atoms with van der Waals surface area (Å²) < 4.78 is 17.1. The number of benzene rings is 1. The molecule has 126 valence electrons. The Morgan fingerprint density at radius 1 is 1.43 bits per heavy atom. The van der Waals surface area contributed by atoms with Crippen LogP contribution in [0.1, 0.15) is 19.4 Å². The van der Waals surface area contributed by atoms with Crippen molar-refractivity contribution in [1.29, 1.82) is 0 Å². The lowest BCUT2D eigenvalue weighted by molar-refractivity contribution is -0.145. The minimum Gasteiger partial charge on any atom is -0.499 e. The molecule has 0 saturated carbocycles. The van der Waals surface area contributed by atoms with Crippen molar-refractivity contribution in [3.05, 3.63) is 47.7 Å². The molecule has 0 N–H and O–H groups in total. The van der Waals surface area contributed by atoms with Gasteiger partial charge in [0.2, 0.25) is 0 Å². The first kappa shape index (κ1) is 17.7. The van der Waals surface area contributed by atoms with Gasteiger partial charge in [0, 0.05) is 12.6 Å². The van der Waals surface area contributed by atoms with E-state index < -0.39 is 5.79 Å². The van der Waals surface area contributed by atoms with Crippen LogP contribution in [0.15, 0.2) is 42.2 Å². The molecule has 1 heterocycles. The third kappa shape index (κ3) is 4.64. The number of allylic oxidation sites excluding steroid dienone is 1. The first-order chi connectivity index (χ1) is 11.0. The summed E-state index contributed by atoms with van der Waals surface area (Å²) in [6, 6.07) is 9.94. The predicted molar refractivity (Wildman–Crippen MR) is 87.8 cm³/mol. The van der Waals surface area contributed by atoms with Gasteiger partial charge in [-0.05, 0) is 26.5 Å². The third-order valence-corrected chi connectivity index (χ3v) is 3.89. The zero-order chi connectivity index (χ0) is 16.9. The van der Waals surface area contributed by atoms with E-state index in [1.807, 2.05) is 39.1 Å². The lowest BCUT2D eigenvalue weighted by atomic mass is 10.1. The van der Waals surface area contributed by atoms with Gasteiger partial charge >= 0.3 is 0 Å². The number of likely N-dealkylation sites (N-methyl/N-ethyl adjacent to an activating group) is 1. The van der Waals surface area contributed by atoms with Crippen LogP contribution < -0.4 is 0 Å². The molecule has 5 heteroatoms. The summed E-state index contributed by atoms with van der Waals surface area (Å²) in [5.74, 6) is -0.0546. The van der Waals surface area contributed by atoms with Crippen molar-refractivity contribution in [2.75, 3.05) is 20.8 Å². The van der Waals surface area contributed by atoms with E-state index in [1.165, 1.54) is 11.6 Å². The number of rotatable bonds is 7. The largest absolute Gasteiger partial charge is 0.499 e. The maximum atomic E-state index is 11.0. The molecule has 1 aromatic carbocycles. The average molecular weight is 319 g/mol. The molecule has 0 aliphatic carbocycles. The number of hydrogen-bond donors (Lipinski definition) is 0. The number of methoxy groups -OCH3 is 1. The zero-order valence-electron chi connectivity index (χ0n) is 14.2. The van der Waals surface area contributed by atoms with Crippen molar-refractivity contribution in [3.63, 3.8) is 0 Å². The van der Waals surface area contributed by atoms with E-state index in [1.54, 1.807) is 7.11 Å². The maximum absolute atomic E-state index is 11.0. The number of carbonyl (C=O) groups is 1. The highest BCUT2D eigenvalue weighted by molar-refractivity contribution is 5.65. The van der Waals surface area contributed by atoms with Gasteiger partial charge < -0.3 is 14.2 Å². The van der Waals surface area contributed by atoms with E-state index in [9.17, 15) is 4.79 Å². The summed E-state index contributed by atoms with van der Waals surface area (Å²) in [4.78, 5) is 13.1. The predicted octanol–water partition coefficient (Wildman–Crippen LogP) is 2.37. The lowest BCUT2D eigenvalue weighted by Gasteiger charge is -2.33. The Hall–Kier alpha value is -1.69. The van der Waals surface area contributed by atoms with E-state index in [0.29, 0.717) is 18.9 Å². The Morgan fingerprint density at radius 2 is 2.13 bits per heavy atom. The molecule has 1 aromatic rings. The molecule has 1 aliphatic rings. The van der Waals surface area contributed by atoms with Crippen LogP contribution >= 0.6 is 0 Å². The van der Waals surface area contributed by atoms with Crippen molar-refractivity contribution in [2.24, 2.45) is 0 Å². The Labute approximate surface area is 137 Å². The second-order valence-corrected chi connectivity index (χ2v) is 6.12. The molecule has 5 nitrogen and oxygen atoms in total. The number of hydrogen-bond acceptors (Lipinski definition) is 5. The molecule has 0 radical (unpaired) electrons. The molecule has 0 spiro atoms. The average Bonchev–Trinajstić information content (AvgIpc) is 2.87. The first-order valence-corrected chi connectivity index (χ1v) is 7.72. The second kappa shape index (κ2) is 7.73. The molecule has 1 aliphatic heterocycles. The molecule has 1 fully saturated rings. The Kier molecular flexibility index (Phi) is 5.93. The van der Waals surface area contributed by atoms with E-state index >= 15 is 0 Å². The number of ether oxygens (including phenoxy) is 3. The van der Waals surface area contributed by atoms with E-state index in [0.717, 1.165) is 6.29 Å². The minimum absolute atomic E-state index is 0.202. The second-order valence-electron chi connectivity index (χ2n) is 6.12. The molecule has 1 saturated heterocycles. The highest BCUT2D eigenvalue weighted by Crippen LogP contribution is 2.29. The van der Waals surface area contributed by atoms with Crippen LogP contribution in [0.4, 0.5) is 0 Å². The normalized spacial score (nSPS) is 22.1. The fourth-order valence-electron chi connectivity index (χ4n) is 2.88. The van der Waals surface area contributed by atoms with Crippen LogP contribution in [0.25, 0.3) is 0 Å². The summed E-state index contributed by atoms with van der Waals surface area (Å²) in [6.45, 7) is 4.94. The van der Waals surface area contributed by atoms with Gasteiger partial charge in [-0.25, -0.2) is 0 Å². The van der Waals surface area contributed by atoms with Crippen LogP contribution in [-0.2, 0) is 25.5 Å². The smallest absolute Gasteiger partial charge is 0.163 e. The van der Waals surface area contributed by atoms with Gasteiger partial charge in [0.25, 0.3) is 0 Å². The van der Waals surface area contributed by atoms with Crippen LogP contribution in [0, 0.1) is 0 Å². The molecule has 0 amide bonds. The molecule has 23 heavy (non-hydrogen) atoms. The van der Waals surface area contributed by atoms with E-state index in [4.69, 9.17) is 14.2 Å². The van der Waals surface area contributed by atoms with Gasteiger partial charge in [-0.3, -0.25) is 9.69 Å². The van der Waals surface area contributed by atoms with Crippen LogP contribution in [0.2, 0.25) is 0 Å². The van der Waals surface area contributed by atoms with Gasteiger partial charge in [0.1, 0.15) is 18.1 Å². The van der Waals surface area contributed by atoms with Crippen molar-refractivity contribution in [2.45, 2.75) is 38.3 Å². The summed E-state index contributed by atoms with van der Waals surface area (Å²) in [6.07, 6.45) is 1.98. The highest BCUT2D eigenvalue weighted by atomic mass is 16.7. The van der Waals surface area contributed by atoms with Crippen LogP contribution in [-0.4, -0.2) is 49.9 Å². The maximum Gasteiger partial charge on any atom is 0.163 e. The molecule has 2 rings (SSSR count). The number of nitrogens with zero attached hydrogens (tertiary/aromatic N) is 1. The summed E-state index contributed by atoms with van der Waals surface area (Å²) in [7, 11) is 3.56. The number of aldehydes is 1. The van der Waals surface area contributed by atoms with Gasteiger partial charge in [-0.1, -0.05) is 30.3 Å². The molecular weight excluding hydrogens is 294 g/mol. The van der Waals surface area contributed by atoms with Crippen LogP contribution in [0.5, 0.6) is 0 Å². The Morgan fingerprint density at radius 3 is 2.65 bits per heavy atom. The summed E-state index contributed by atoms with van der Waals surface area (Å²) in [5.41, 5.74) is 1.18. The topological polar surface area (TPSA) is 48.0 Å². The lowest BCUT2D eigenvalue weighted by Crippen LogP contribution is -2.44. The highest BCUT2D eigenvalue weighted by Gasteiger charge is 2.41. The monoisotopic (exact) mass is 319 g/mol. The fourth-order valence-corrected chi connectivity index (χ4v) is 2.88. The van der Waals surface area contributed by atoms with Crippen molar-refractivity contribution in [1.82, 2.24) is 4.90 Å². The Bertz CT molecular complexity index is 541. The van der Waals surface area contributed by atoms with E-state index in [2.05, 4.69) is 17.0 Å². The zero-order valence-corrected chi connectivity index (χ0v) is 14.2. The Balaban J connectivity index is 2.22.